The molecular formula is C37H59N9O8S. The lowest BCUT2D eigenvalue weighted by Gasteiger charge is -2.34. The van der Waals surface area contributed by atoms with Crippen molar-refractivity contribution in [2.45, 2.75) is 120 Å². The molecule has 1 aromatic carbocycles. The Morgan fingerprint density at radius 3 is 2.25 bits per heavy atom. The maximum Gasteiger partial charge on any atom is 0.318 e. The van der Waals surface area contributed by atoms with Crippen LogP contribution >= 0.6 is 0 Å². The number of carbonyl (C=O) groups is 4. The van der Waals surface area contributed by atoms with E-state index >= 15 is 0 Å². The number of amides is 6. The van der Waals surface area contributed by atoms with Crippen LogP contribution in [-0.4, -0.2) is 119 Å². The molecule has 17 nitrogen and oxygen atoms in total. The van der Waals surface area contributed by atoms with E-state index in [0.29, 0.717) is 44.5 Å². The zero-order chi connectivity index (χ0) is 39.8. The number of primary amides is 1. The molecular weight excluding hydrogens is 731 g/mol. The number of nitrogens with two attached hydrogens (primary N) is 1. The Morgan fingerprint density at radius 2 is 1.62 bits per heavy atom. The third-order valence-corrected chi connectivity index (χ3v) is 11.8. The topological polar surface area (TPSA) is 261 Å². The predicted octanol–water partition coefficient (Wildman–Crippen LogP) is 0.787. The number of sulfonamides is 1. The van der Waals surface area contributed by atoms with Crippen LogP contribution in [0.15, 0.2) is 42.9 Å². The maximum atomic E-state index is 14.2. The zero-order valence-corrected chi connectivity index (χ0v) is 32.4. The minimum atomic E-state index is -3.58. The number of imidazole rings is 1. The number of aromatic amines is 1. The van der Waals surface area contributed by atoms with Crippen LogP contribution in [0.25, 0.3) is 0 Å². The highest BCUT2D eigenvalue weighted by Crippen LogP contribution is 2.28. The molecule has 306 valence electrons. The van der Waals surface area contributed by atoms with Crippen molar-refractivity contribution in [1.29, 1.82) is 0 Å². The molecule has 10 N–H and O–H groups in total. The van der Waals surface area contributed by atoms with Gasteiger partial charge in [-0.05, 0) is 37.2 Å². The summed E-state index contributed by atoms with van der Waals surface area (Å²) in [5, 5.41) is 33.4. The molecule has 0 spiro atoms. The molecule has 1 aromatic heterocycles. The number of nitrogens with zero attached hydrogens (tertiary/aromatic N) is 2. The van der Waals surface area contributed by atoms with Crippen molar-refractivity contribution in [3.8, 4) is 0 Å². The highest BCUT2D eigenvalue weighted by molar-refractivity contribution is 7.89. The number of nitrogens with one attached hydrogen (secondary N) is 6. The summed E-state index contributed by atoms with van der Waals surface area (Å²) in [7, 11) is -3.58. The standard InChI is InChI=1S/C37H59N9O8S/c1-2-17-55(53,54)41-23-29(47)21-33(48)30(18-25-9-5-3-6-10-25)43-35(50)32(20-28-22-39-24-40-28)44-34(49)31(19-26-11-7-4-8-12-26)45-37(52)46-15-13-27(14-16-46)42-36(38)51/h4,7-8,11-12,22,24-25,27,29-33,41,47-48H,2-3,5-6,9-10,13-21,23H2,1H3,(H,39,40)(H,43,50)(H,44,49)(H,45,52)(H3,38,42,51)/t29-,30+,31+,32+,33+/m1/s1. The van der Waals surface area contributed by atoms with Gasteiger partial charge in [-0.15, -0.1) is 0 Å². The summed E-state index contributed by atoms with van der Waals surface area (Å²) in [6.45, 7) is 2.13. The molecule has 18 heteroatoms. The average Bonchev–Trinajstić information content (AvgIpc) is 3.67. The minimum Gasteiger partial charge on any atom is -0.392 e. The molecule has 2 fully saturated rings. The van der Waals surface area contributed by atoms with Gasteiger partial charge in [-0.1, -0.05) is 69.4 Å². The first-order chi connectivity index (χ1) is 26.3. The SMILES string of the molecule is CCCS(=O)(=O)NC[C@H](O)C[C@H](O)[C@H](CC1CCCCC1)NC(=O)[C@H](Cc1cnc[nH]1)NC(=O)[C@H](Cc1ccccc1)NC(=O)N1CCC(NC(N)=O)CC1. The normalized spacial score (nSPS) is 18.3. The molecule has 2 aliphatic rings. The summed E-state index contributed by atoms with van der Waals surface area (Å²) in [4.78, 5) is 61.7. The van der Waals surface area contributed by atoms with E-state index in [9.17, 15) is 37.8 Å². The second-order valence-corrected chi connectivity index (χ2v) is 16.7. The van der Waals surface area contributed by atoms with Crippen LogP contribution in [0.4, 0.5) is 9.59 Å². The van der Waals surface area contributed by atoms with Crippen LogP contribution < -0.4 is 31.7 Å². The number of carbonyl (C=O) groups excluding carboxylic acids is 4. The van der Waals surface area contributed by atoms with Crippen LogP contribution in [-0.2, 0) is 32.5 Å². The number of aliphatic hydroxyl groups is 2. The summed E-state index contributed by atoms with van der Waals surface area (Å²) in [5.41, 5.74) is 6.61. The highest BCUT2D eigenvalue weighted by Gasteiger charge is 2.34. The van der Waals surface area contributed by atoms with Crippen LogP contribution in [0.5, 0.6) is 0 Å². The second kappa shape index (κ2) is 21.7. The Hall–Kier alpha value is -4.26. The summed E-state index contributed by atoms with van der Waals surface area (Å²) < 4.78 is 26.7. The first kappa shape index (κ1) is 43.5. The first-order valence-electron chi connectivity index (χ1n) is 19.4. The predicted molar refractivity (Wildman–Crippen MR) is 206 cm³/mol. The highest BCUT2D eigenvalue weighted by atomic mass is 32.2. The molecule has 1 saturated heterocycles. The van der Waals surface area contributed by atoms with Crippen molar-refractivity contribution in [2.75, 3.05) is 25.4 Å². The molecule has 0 radical (unpaired) electrons. The fourth-order valence-electron chi connectivity index (χ4n) is 7.29. The van der Waals surface area contributed by atoms with Gasteiger partial charge >= 0.3 is 12.1 Å². The van der Waals surface area contributed by atoms with Crippen molar-refractivity contribution in [3.05, 3.63) is 54.1 Å². The molecule has 2 aromatic rings. The molecule has 6 amide bonds. The molecule has 55 heavy (non-hydrogen) atoms. The summed E-state index contributed by atoms with van der Waals surface area (Å²) in [6, 6.07) is 4.90. The fraction of sp³-hybridized carbons (Fsp3) is 0.649. The minimum absolute atomic E-state index is 0.0258. The van der Waals surface area contributed by atoms with Gasteiger partial charge in [-0.25, -0.2) is 27.7 Å². The summed E-state index contributed by atoms with van der Waals surface area (Å²) in [5.74, 6) is -1.04. The number of aromatic nitrogens is 2. The number of H-pyrrole nitrogens is 1. The van der Waals surface area contributed by atoms with Crippen molar-refractivity contribution in [2.24, 2.45) is 11.7 Å². The molecule has 0 bridgehead atoms. The van der Waals surface area contributed by atoms with Gasteiger partial charge < -0.3 is 47.1 Å². The van der Waals surface area contributed by atoms with E-state index in [0.717, 1.165) is 37.7 Å². The summed E-state index contributed by atoms with van der Waals surface area (Å²) >= 11 is 0. The Bertz CT molecular complexity index is 1600. The van der Waals surface area contributed by atoms with E-state index < -0.39 is 64.2 Å². The number of hydrogen-bond acceptors (Lipinski definition) is 9. The van der Waals surface area contributed by atoms with E-state index in [-0.39, 0.29) is 43.5 Å². The van der Waals surface area contributed by atoms with Gasteiger partial charge in [0.05, 0.1) is 30.3 Å². The maximum absolute atomic E-state index is 14.2. The molecule has 5 atom stereocenters. The van der Waals surface area contributed by atoms with Crippen molar-refractivity contribution in [1.82, 2.24) is 40.9 Å². The van der Waals surface area contributed by atoms with Crippen molar-refractivity contribution in [3.63, 3.8) is 0 Å². The van der Waals surface area contributed by atoms with Gasteiger partial charge in [-0.3, -0.25) is 9.59 Å². The van der Waals surface area contributed by atoms with Gasteiger partial charge in [-0.2, -0.15) is 0 Å². The Kier molecular flexibility index (Phi) is 17.2. The molecule has 4 rings (SSSR count). The lowest BCUT2D eigenvalue weighted by Crippen LogP contribution is -2.59. The molecule has 2 heterocycles. The number of piperidine rings is 1. The Morgan fingerprint density at radius 1 is 0.945 bits per heavy atom. The number of likely N-dealkylation sites (tertiary alicyclic amines) is 1. The summed E-state index contributed by atoms with van der Waals surface area (Å²) in [6.07, 6.45) is 7.40. The average molecular weight is 790 g/mol. The second-order valence-electron chi connectivity index (χ2n) is 14.8. The lowest BCUT2D eigenvalue weighted by molar-refractivity contribution is -0.131. The number of rotatable bonds is 20. The lowest BCUT2D eigenvalue weighted by atomic mass is 9.83. The number of benzene rings is 1. The molecule has 1 aliphatic carbocycles. The van der Waals surface area contributed by atoms with Gasteiger partial charge in [0.15, 0.2) is 0 Å². The Balaban J connectivity index is 1.50. The zero-order valence-electron chi connectivity index (χ0n) is 31.6. The van der Waals surface area contributed by atoms with Gasteiger partial charge in [0.2, 0.25) is 21.8 Å². The first-order valence-corrected chi connectivity index (χ1v) is 21.0. The van der Waals surface area contributed by atoms with Gasteiger partial charge in [0.1, 0.15) is 12.1 Å². The quantitative estimate of drug-likeness (QED) is 0.0917. The number of aliphatic hydroxyl groups excluding tert-OH is 2. The van der Waals surface area contributed by atoms with Crippen LogP contribution in [0.2, 0.25) is 0 Å². The van der Waals surface area contributed by atoms with Crippen LogP contribution in [0.1, 0.15) is 82.4 Å². The van der Waals surface area contributed by atoms with Crippen molar-refractivity contribution >= 4 is 33.9 Å². The molecule has 0 unspecified atom stereocenters. The third kappa shape index (κ3) is 15.1. The Labute approximate surface area is 323 Å². The van der Waals surface area contributed by atoms with Gasteiger partial charge in [0, 0.05) is 56.8 Å². The van der Waals surface area contributed by atoms with E-state index in [1.165, 1.54) is 12.5 Å². The fourth-order valence-corrected chi connectivity index (χ4v) is 8.42. The monoisotopic (exact) mass is 789 g/mol. The third-order valence-electron chi connectivity index (χ3n) is 10.3. The van der Waals surface area contributed by atoms with Crippen LogP contribution in [0, 0.1) is 5.92 Å². The van der Waals surface area contributed by atoms with E-state index in [2.05, 4.69) is 36.0 Å². The van der Waals surface area contributed by atoms with Gasteiger partial charge in [0.25, 0.3) is 0 Å². The molecule has 1 aliphatic heterocycles. The molecule has 1 saturated carbocycles. The van der Waals surface area contributed by atoms with E-state index in [1.54, 1.807) is 11.8 Å². The number of urea groups is 2. The van der Waals surface area contributed by atoms with E-state index in [1.807, 2.05) is 30.3 Å². The largest absolute Gasteiger partial charge is 0.392 e. The van der Waals surface area contributed by atoms with Crippen molar-refractivity contribution < 1.29 is 37.8 Å². The van der Waals surface area contributed by atoms with Crippen LogP contribution in [0.3, 0.4) is 0 Å². The number of hydrogen-bond donors (Lipinski definition) is 9. The van der Waals surface area contributed by atoms with E-state index in [4.69, 9.17) is 5.73 Å². The smallest absolute Gasteiger partial charge is 0.318 e.